The molecule has 1 aliphatic rings. The Morgan fingerprint density at radius 1 is 1.46 bits per heavy atom. The molecule has 2 rings (SSSR count). The lowest BCUT2D eigenvalue weighted by molar-refractivity contribution is -0.183. The van der Waals surface area contributed by atoms with Crippen molar-refractivity contribution in [3.8, 4) is 0 Å². The van der Waals surface area contributed by atoms with Crippen LogP contribution in [0.4, 0.5) is 18.0 Å². The number of nitrogens with zero attached hydrogens (tertiary/aromatic N) is 3. The summed E-state index contributed by atoms with van der Waals surface area (Å²) in [4.78, 5) is 14.1. The van der Waals surface area contributed by atoms with Gasteiger partial charge >= 0.3 is 12.2 Å². The molecular formula is C16H25F3N4O. The average molecular weight is 346 g/mol. The first kappa shape index (κ1) is 18.6. The summed E-state index contributed by atoms with van der Waals surface area (Å²) in [6.45, 7) is 2.92. The van der Waals surface area contributed by atoms with E-state index in [2.05, 4.69) is 10.4 Å². The molecule has 0 aromatic carbocycles. The number of carbonyl (C=O) groups is 1. The van der Waals surface area contributed by atoms with Crippen molar-refractivity contribution >= 4 is 6.03 Å². The molecule has 1 saturated carbocycles. The number of rotatable bonds is 5. The number of alkyl halides is 3. The molecule has 24 heavy (non-hydrogen) atoms. The highest BCUT2D eigenvalue weighted by atomic mass is 19.4. The lowest BCUT2D eigenvalue weighted by Crippen LogP contribution is -2.47. The summed E-state index contributed by atoms with van der Waals surface area (Å²) in [6.07, 6.45) is 1.35. The van der Waals surface area contributed by atoms with Gasteiger partial charge < -0.3 is 10.2 Å². The molecule has 1 aromatic rings. The summed E-state index contributed by atoms with van der Waals surface area (Å²) in [5.74, 6) is -1.31. The lowest BCUT2D eigenvalue weighted by Gasteiger charge is -2.32. The van der Waals surface area contributed by atoms with Gasteiger partial charge in [-0.25, -0.2) is 4.79 Å². The summed E-state index contributed by atoms with van der Waals surface area (Å²) in [7, 11) is 1.80. The Morgan fingerprint density at radius 3 is 2.79 bits per heavy atom. The largest absolute Gasteiger partial charge is 0.391 e. The van der Waals surface area contributed by atoms with E-state index < -0.39 is 18.1 Å². The molecule has 0 spiro atoms. The maximum Gasteiger partial charge on any atom is 0.391 e. The van der Waals surface area contributed by atoms with E-state index in [1.54, 1.807) is 22.8 Å². The molecule has 2 amide bonds. The molecule has 1 fully saturated rings. The molecule has 136 valence electrons. The number of nitrogens with one attached hydrogen (secondary N) is 1. The number of aromatic nitrogens is 2. The van der Waals surface area contributed by atoms with Crippen LogP contribution in [-0.2, 0) is 13.6 Å². The Balaban J connectivity index is 1.94. The van der Waals surface area contributed by atoms with E-state index in [-0.39, 0.29) is 18.9 Å². The Hall–Kier alpha value is -1.73. The van der Waals surface area contributed by atoms with Crippen LogP contribution < -0.4 is 5.32 Å². The van der Waals surface area contributed by atoms with Gasteiger partial charge in [-0.3, -0.25) is 4.68 Å². The Kier molecular flexibility index (Phi) is 6.12. The summed E-state index contributed by atoms with van der Waals surface area (Å²) >= 11 is 0. The zero-order chi connectivity index (χ0) is 17.7. The van der Waals surface area contributed by atoms with Crippen LogP contribution >= 0.6 is 0 Å². The van der Waals surface area contributed by atoms with Gasteiger partial charge in [0.05, 0.1) is 18.7 Å². The topological polar surface area (TPSA) is 50.2 Å². The molecule has 0 aliphatic heterocycles. The lowest BCUT2D eigenvalue weighted by atomic mass is 9.85. The fourth-order valence-corrected chi connectivity index (χ4v) is 3.18. The van der Waals surface area contributed by atoms with Crippen molar-refractivity contribution in [3.05, 3.63) is 18.0 Å². The molecule has 2 atom stereocenters. The standard InChI is InChI=1S/C16H25F3N4O/c1-3-7-23(11-12-9-20-22(2)10-12)15(24)21-14-6-4-5-13(8-14)16(17,18)19/h9-10,13-14H,3-8,11H2,1-2H3,(H,21,24)/t13-,14+/m1/s1. The average Bonchev–Trinajstić information content (AvgIpc) is 2.91. The monoisotopic (exact) mass is 346 g/mol. The molecule has 1 aliphatic carbocycles. The van der Waals surface area contributed by atoms with Gasteiger partial charge in [-0.05, 0) is 25.7 Å². The predicted molar refractivity (Wildman–Crippen MR) is 84.2 cm³/mol. The minimum Gasteiger partial charge on any atom is -0.335 e. The Labute approximate surface area is 140 Å². The number of amides is 2. The van der Waals surface area contributed by atoms with Gasteiger partial charge in [0, 0.05) is 31.4 Å². The minimum atomic E-state index is -4.18. The van der Waals surface area contributed by atoms with Gasteiger partial charge in [-0.15, -0.1) is 0 Å². The second kappa shape index (κ2) is 7.90. The summed E-state index contributed by atoms with van der Waals surface area (Å²) < 4.78 is 40.3. The molecule has 0 radical (unpaired) electrons. The van der Waals surface area contributed by atoms with Crippen LogP contribution in [0.25, 0.3) is 0 Å². The van der Waals surface area contributed by atoms with Crippen molar-refractivity contribution in [2.75, 3.05) is 6.54 Å². The van der Waals surface area contributed by atoms with Crippen LogP contribution in [0.15, 0.2) is 12.4 Å². The van der Waals surface area contributed by atoms with Gasteiger partial charge in [0.2, 0.25) is 0 Å². The van der Waals surface area contributed by atoms with E-state index >= 15 is 0 Å². The molecule has 5 nitrogen and oxygen atoms in total. The zero-order valence-corrected chi connectivity index (χ0v) is 14.1. The molecule has 8 heteroatoms. The minimum absolute atomic E-state index is 0.0257. The van der Waals surface area contributed by atoms with Crippen molar-refractivity contribution in [3.63, 3.8) is 0 Å². The van der Waals surface area contributed by atoms with Crippen LogP contribution in [0.5, 0.6) is 0 Å². The fourth-order valence-electron chi connectivity index (χ4n) is 3.18. The third-order valence-corrected chi connectivity index (χ3v) is 4.38. The smallest absolute Gasteiger partial charge is 0.335 e. The summed E-state index contributed by atoms with van der Waals surface area (Å²) in [5.41, 5.74) is 0.901. The van der Waals surface area contributed by atoms with E-state index in [9.17, 15) is 18.0 Å². The van der Waals surface area contributed by atoms with Crippen molar-refractivity contribution in [1.29, 1.82) is 0 Å². The molecule has 1 heterocycles. The van der Waals surface area contributed by atoms with E-state index in [1.807, 2.05) is 13.1 Å². The maximum atomic E-state index is 12.9. The van der Waals surface area contributed by atoms with Crippen LogP contribution in [0.2, 0.25) is 0 Å². The molecule has 1 N–H and O–H groups in total. The first-order chi connectivity index (χ1) is 11.3. The van der Waals surface area contributed by atoms with Crippen molar-refractivity contribution in [1.82, 2.24) is 20.0 Å². The number of urea groups is 1. The summed E-state index contributed by atoms with van der Waals surface area (Å²) in [5, 5.41) is 6.87. The van der Waals surface area contributed by atoms with E-state index in [0.29, 0.717) is 25.9 Å². The van der Waals surface area contributed by atoms with Gasteiger partial charge in [-0.1, -0.05) is 13.3 Å². The first-order valence-electron chi connectivity index (χ1n) is 8.39. The molecule has 0 unspecified atom stereocenters. The Morgan fingerprint density at radius 2 is 2.21 bits per heavy atom. The van der Waals surface area contributed by atoms with Gasteiger partial charge in [-0.2, -0.15) is 18.3 Å². The highest BCUT2D eigenvalue weighted by Crippen LogP contribution is 2.37. The molecule has 0 bridgehead atoms. The SMILES string of the molecule is CCCN(Cc1cnn(C)c1)C(=O)N[C@H]1CCC[C@@H](C(F)(F)F)C1. The number of halogens is 3. The zero-order valence-electron chi connectivity index (χ0n) is 14.1. The number of carbonyl (C=O) groups excluding carboxylic acids is 1. The third-order valence-electron chi connectivity index (χ3n) is 4.38. The molecule has 1 aromatic heterocycles. The van der Waals surface area contributed by atoms with Crippen LogP contribution in [0.3, 0.4) is 0 Å². The van der Waals surface area contributed by atoms with Crippen LogP contribution in [0.1, 0.15) is 44.6 Å². The van der Waals surface area contributed by atoms with Crippen LogP contribution in [0, 0.1) is 5.92 Å². The van der Waals surface area contributed by atoms with Gasteiger partial charge in [0.25, 0.3) is 0 Å². The maximum absolute atomic E-state index is 12.9. The van der Waals surface area contributed by atoms with Crippen molar-refractivity contribution in [2.45, 2.75) is 57.8 Å². The quantitative estimate of drug-likeness (QED) is 0.888. The van der Waals surface area contributed by atoms with E-state index in [0.717, 1.165) is 12.0 Å². The number of aryl methyl sites for hydroxylation is 1. The number of hydrogen-bond acceptors (Lipinski definition) is 2. The molecule has 0 saturated heterocycles. The van der Waals surface area contributed by atoms with E-state index in [4.69, 9.17) is 0 Å². The van der Waals surface area contributed by atoms with E-state index in [1.165, 1.54) is 0 Å². The predicted octanol–water partition coefficient (Wildman–Crippen LogP) is 3.46. The van der Waals surface area contributed by atoms with Crippen molar-refractivity contribution in [2.24, 2.45) is 13.0 Å². The normalized spacial score (nSPS) is 21.5. The second-order valence-electron chi connectivity index (χ2n) is 6.50. The highest BCUT2D eigenvalue weighted by Gasteiger charge is 2.42. The summed E-state index contributed by atoms with van der Waals surface area (Å²) in [6, 6.07) is -0.709. The molecular weight excluding hydrogens is 321 g/mol. The second-order valence-corrected chi connectivity index (χ2v) is 6.50. The highest BCUT2D eigenvalue weighted by molar-refractivity contribution is 5.74. The van der Waals surface area contributed by atoms with Gasteiger partial charge in [0.1, 0.15) is 0 Å². The Bertz CT molecular complexity index is 544. The van der Waals surface area contributed by atoms with Crippen LogP contribution in [-0.4, -0.2) is 39.5 Å². The first-order valence-corrected chi connectivity index (χ1v) is 8.39. The van der Waals surface area contributed by atoms with Crippen molar-refractivity contribution < 1.29 is 18.0 Å². The third kappa shape index (κ3) is 5.14. The number of hydrogen-bond donors (Lipinski definition) is 1. The van der Waals surface area contributed by atoms with Gasteiger partial charge in [0.15, 0.2) is 0 Å². The fraction of sp³-hybridized carbons (Fsp3) is 0.750.